The molecule has 0 saturated heterocycles. The number of hydrogen-bond donors (Lipinski definition) is 2. The minimum absolute atomic E-state index is 0.185. The van der Waals surface area contributed by atoms with E-state index in [-0.39, 0.29) is 11.6 Å². The fourth-order valence-corrected chi connectivity index (χ4v) is 1.35. The van der Waals surface area contributed by atoms with Gasteiger partial charge in [-0.1, -0.05) is 13.8 Å². The standard InChI is InChI=1S/C12H14F4N2O/c1-6(2)10(17)11(19)18-9-4-7(12(14,15)16)3-8(13)5-9/h3-6,10H,17H2,1-2H3,(H,18,19). The van der Waals surface area contributed by atoms with E-state index in [2.05, 4.69) is 5.32 Å². The van der Waals surface area contributed by atoms with Gasteiger partial charge in [0.1, 0.15) is 5.82 Å². The van der Waals surface area contributed by atoms with Gasteiger partial charge in [0.2, 0.25) is 5.91 Å². The van der Waals surface area contributed by atoms with Gasteiger partial charge < -0.3 is 11.1 Å². The molecule has 0 aliphatic heterocycles. The predicted octanol–water partition coefficient (Wildman–Crippen LogP) is 2.77. The molecule has 0 spiro atoms. The summed E-state index contributed by atoms with van der Waals surface area (Å²) in [5.41, 5.74) is 4.11. The highest BCUT2D eigenvalue weighted by Crippen LogP contribution is 2.31. The maximum atomic E-state index is 13.1. The van der Waals surface area contributed by atoms with Gasteiger partial charge in [0.05, 0.1) is 11.6 Å². The zero-order chi connectivity index (χ0) is 14.8. The molecule has 0 saturated carbocycles. The van der Waals surface area contributed by atoms with Gasteiger partial charge >= 0.3 is 6.18 Å². The van der Waals surface area contributed by atoms with Crippen molar-refractivity contribution < 1.29 is 22.4 Å². The van der Waals surface area contributed by atoms with Crippen molar-refractivity contribution in [3.05, 3.63) is 29.6 Å². The van der Waals surface area contributed by atoms with E-state index in [0.717, 1.165) is 6.07 Å². The van der Waals surface area contributed by atoms with E-state index in [4.69, 9.17) is 5.73 Å². The summed E-state index contributed by atoms with van der Waals surface area (Å²) in [7, 11) is 0. The Morgan fingerprint density at radius 2 is 1.84 bits per heavy atom. The van der Waals surface area contributed by atoms with Crippen molar-refractivity contribution in [1.82, 2.24) is 0 Å². The lowest BCUT2D eigenvalue weighted by atomic mass is 10.0. The molecule has 1 aromatic rings. The number of halogens is 4. The van der Waals surface area contributed by atoms with Crippen LogP contribution < -0.4 is 11.1 Å². The van der Waals surface area contributed by atoms with Crippen molar-refractivity contribution in [3.8, 4) is 0 Å². The molecule has 0 radical (unpaired) electrons. The van der Waals surface area contributed by atoms with Gasteiger partial charge in [-0.3, -0.25) is 4.79 Å². The van der Waals surface area contributed by atoms with Gasteiger partial charge in [-0.05, 0) is 24.1 Å². The number of nitrogens with two attached hydrogens (primary N) is 1. The average Bonchev–Trinajstić information content (AvgIpc) is 2.25. The fourth-order valence-electron chi connectivity index (χ4n) is 1.35. The SMILES string of the molecule is CC(C)C(N)C(=O)Nc1cc(F)cc(C(F)(F)F)c1. The minimum atomic E-state index is -4.68. The zero-order valence-electron chi connectivity index (χ0n) is 10.4. The molecule has 3 N–H and O–H groups in total. The number of carbonyl (C=O) groups excluding carboxylic acids is 1. The molecule has 1 atom stereocenters. The van der Waals surface area contributed by atoms with Gasteiger partial charge in [0, 0.05) is 5.69 Å². The van der Waals surface area contributed by atoms with Crippen LogP contribution >= 0.6 is 0 Å². The Kier molecular flexibility index (Phi) is 4.52. The lowest BCUT2D eigenvalue weighted by molar-refractivity contribution is -0.137. The van der Waals surface area contributed by atoms with E-state index in [1.54, 1.807) is 13.8 Å². The summed E-state index contributed by atoms with van der Waals surface area (Å²) in [5, 5.41) is 2.17. The van der Waals surface area contributed by atoms with Gasteiger partial charge in [-0.2, -0.15) is 13.2 Å². The van der Waals surface area contributed by atoms with Crippen LogP contribution in [-0.4, -0.2) is 11.9 Å². The topological polar surface area (TPSA) is 55.1 Å². The quantitative estimate of drug-likeness (QED) is 0.835. The molecule has 0 aliphatic carbocycles. The van der Waals surface area contributed by atoms with Crippen LogP contribution in [0.4, 0.5) is 23.2 Å². The van der Waals surface area contributed by atoms with Crippen molar-refractivity contribution in [2.24, 2.45) is 11.7 Å². The molecule has 1 rings (SSSR count). The molecule has 106 valence electrons. The van der Waals surface area contributed by atoms with Crippen LogP contribution in [-0.2, 0) is 11.0 Å². The summed E-state index contributed by atoms with van der Waals surface area (Å²) in [6.45, 7) is 3.38. The molecule has 1 amide bonds. The third-order valence-corrected chi connectivity index (χ3v) is 2.51. The van der Waals surface area contributed by atoms with Gasteiger partial charge in [-0.15, -0.1) is 0 Å². The normalized spacial score (nSPS) is 13.5. The molecule has 3 nitrogen and oxygen atoms in total. The van der Waals surface area contributed by atoms with E-state index in [0.29, 0.717) is 12.1 Å². The highest BCUT2D eigenvalue weighted by molar-refractivity contribution is 5.94. The Labute approximate surface area is 107 Å². The number of anilines is 1. The molecular weight excluding hydrogens is 264 g/mol. The van der Waals surface area contributed by atoms with E-state index in [1.165, 1.54) is 0 Å². The Bertz CT molecular complexity index is 471. The maximum Gasteiger partial charge on any atom is 0.416 e. The molecule has 1 aromatic carbocycles. The molecular formula is C12H14F4N2O. The first-order chi connectivity index (χ1) is 8.61. The molecule has 1 unspecified atom stereocenters. The molecule has 0 aromatic heterocycles. The lowest BCUT2D eigenvalue weighted by Crippen LogP contribution is -2.39. The highest BCUT2D eigenvalue weighted by Gasteiger charge is 2.31. The smallest absolute Gasteiger partial charge is 0.325 e. The van der Waals surface area contributed by atoms with Crippen molar-refractivity contribution >= 4 is 11.6 Å². The number of rotatable bonds is 3. The summed E-state index contributed by atoms with van der Waals surface area (Å²) >= 11 is 0. The second-order valence-electron chi connectivity index (χ2n) is 4.49. The van der Waals surface area contributed by atoms with Gasteiger partial charge in [-0.25, -0.2) is 4.39 Å². The number of carbonyl (C=O) groups is 1. The third kappa shape index (κ3) is 4.20. The molecule has 7 heteroatoms. The summed E-state index contributed by atoms with van der Waals surface area (Å²) in [5.74, 6) is -1.92. The van der Waals surface area contributed by atoms with Crippen molar-refractivity contribution in [3.63, 3.8) is 0 Å². The van der Waals surface area contributed by atoms with Gasteiger partial charge in [0.25, 0.3) is 0 Å². The summed E-state index contributed by atoms with van der Waals surface area (Å²) in [4.78, 5) is 11.6. The average molecular weight is 278 g/mol. The first kappa shape index (κ1) is 15.4. The zero-order valence-corrected chi connectivity index (χ0v) is 10.4. The summed E-state index contributed by atoms with van der Waals surface area (Å²) in [6.07, 6.45) is -4.68. The first-order valence-electron chi connectivity index (χ1n) is 5.55. The molecule has 19 heavy (non-hydrogen) atoms. The van der Waals surface area contributed by atoms with Crippen LogP contribution in [0.1, 0.15) is 19.4 Å². The predicted molar refractivity (Wildman–Crippen MR) is 62.8 cm³/mol. The summed E-state index contributed by atoms with van der Waals surface area (Å²) in [6, 6.07) is 0.948. The number of nitrogens with one attached hydrogen (secondary N) is 1. The molecule has 0 heterocycles. The van der Waals surface area contributed by atoms with Crippen molar-refractivity contribution in [2.75, 3.05) is 5.32 Å². The Balaban J connectivity index is 2.97. The largest absolute Gasteiger partial charge is 0.416 e. The monoisotopic (exact) mass is 278 g/mol. The van der Waals surface area contributed by atoms with Crippen LogP contribution in [0.2, 0.25) is 0 Å². The van der Waals surface area contributed by atoms with Crippen LogP contribution in [0, 0.1) is 11.7 Å². The van der Waals surface area contributed by atoms with Crippen LogP contribution in [0.25, 0.3) is 0 Å². The number of benzene rings is 1. The van der Waals surface area contributed by atoms with E-state index < -0.39 is 29.5 Å². The highest BCUT2D eigenvalue weighted by atomic mass is 19.4. The maximum absolute atomic E-state index is 13.1. The number of hydrogen-bond acceptors (Lipinski definition) is 2. The Morgan fingerprint density at radius 1 is 1.26 bits per heavy atom. The molecule has 0 bridgehead atoms. The van der Waals surface area contributed by atoms with E-state index in [9.17, 15) is 22.4 Å². The summed E-state index contributed by atoms with van der Waals surface area (Å²) < 4.78 is 50.5. The Hall–Kier alpha value is -1.63. The number of alkyl halides is 3. The second kappa shape index (κ2) is 5.56. The van der Waals surface area contributed by atoms with Gasteiger partial charge in [0.15, 0.2) is 0 Å². The molecule has 0 fully saturated rings. The van der Waals surface area contributed by atoms with Crippen LogP contribution in [0.5, 0.6) is 0 Å². The number of amides is 1. The van der Waals surface area contributed by atoms with Crippen molar-refractivity contribution in [1.29, 1.82) is 0 Å². The van der Waals surface area contributed by atoms with E-state index >= 15 is 0 Å². The van der Waals surface area contributed by atoms with Crippen LogP contribution in [0.15, 0.2) is 18.2 Å². The molecule has 0 aliphatic rings. The van der Waals surface area contributed by atoms with Crippen LogP contribution in [0.3, 0.4) is 0 Å². The first-order valence-corrected chi connectivity index (χ1v) is 5.55. The lowest BCUT2D eigenvalue weighted by Gasteiger charge is -2.16. The van der Waals surface area contributed by atoms with Crippen molar-refractivity contribution in [2.45, 2.75) is 26.1 Å². The van der Waals surface area contributed by atoms with E-state index in [1.807, 2.05) is 0 Å². The Morgan fingerprint density at radius 3 is 2.32 bits per heavy atom. The second-order valence-corrected chi connectivity index (χ2v) is 4.49. The minimum Gasteiger partial charge on any atom is -0.325 e. The fraction of sp³-hybridized carbons (Fsp3) is 0.417. The third-order valence-electron chi connectivity index (χ3n) is 2.51.